The van der Waals surface area contributed by atoms with Crippen molar-refractivity contribution in [3.63, 3.8) is 0 Å². The van der Waals surface area contributed by atoms with Gasteiger partial charge in [0, 0.05) is 26.2 Å². The molecule has 2 aromatic carbocycles. The molecule has 0 atom stereocenters. The smallest absolute Gasteiger partial charge is 0.344 e. The number of ether oxygens (including phenoxy) is 4. The fourth-order valence-electron chi connectivity index (χ4n) is 3.18. The van der Waals surface area contributed by atoms with E-state index in [4.69, 9.17) is 18.9 Å². The monoisotopic (exact) mass is 414 g/mol. The van der Waals surface area contributed by atoms with Crippen LogP contribution in [0.2, 0.25) is 0 Å². The molecule has 8 heteroatoms. The Morgan fingerprint density at radius 3 is 2.17 bits per heavy atom. The highest BCUT2D eigenvalue weighted by Gasteiger charge is 2.23. The van der Waals surface area contributed by atoms with Crippen LogP contribution in [-0.4, -0.2) is 70.4 Å². The Bertz CT molecular complexity index is 847. The Morgan fingerprint density at radius 2 is 1.50 bits per heavy atom. The first-order valence-electron chi connectivity index (χ1n) is 9.69. The minimum atomic E-state index is -0.591. The van der Waals surface area contributed by atoms with E-state index in [2.05, 4.69) is 4.90 Å². The van der Waals surface area contributed by atoms with E-state index in [1.54, 1.807) is 43.4 Å². The first-order chi connectivity index (χ1) is 14.6. The van der Waals surface area contributed by atoms with Crippen molar-refractivity contribution in [2.75, 3.05) is 58.5 Å². The molecule has 1 saturated heterocycles. The summed E-state index contributed by atoms with van der Waals surface area (Å²) in [5, 5.41) is 0. The quantitative estimate of drug-likeness (QED) is 0.611. The molecule has 0 bridgehead atoms. The van der Waals surface area contributed by atoms with Gasteiger partial charge in [-0.1, -0.05) is 12.1 Å². The predicted octanol–water partition coefficient (Wildman–Crippen LogP) is 1.97. The number of methoxy groups -OCH3 is 2. The first-order valence-corrected chi connectivity index (χ1v) is 9.69. The first kappa shape index (κ1) is 21.3. The van der Waals surface area contributed by atoms with E-state index in [9.17, 15) is 9.59 Å². The van der Waals surface area contributed by atoms with Crippen LogP contribution in [0.4, 0.5) is 5.69 Å². The number of hydrogen-bond acceptors (Lipinski definition) is 7. The van der Waals surface area contributed by atoms with Gasteiger partial charge in [0.15, 0.2) is 13.2 Å². The molecule has 8 nitrogen and oxygen atoms in total. The van der Waals surface area contributed by atoms with Crippen LogP contribution >= 0.6 is 0 Å². The molecular weight excluding hydrogens is 388 g/mol. The van der Waals surface area contributed by atoms with Crippen molar-refractivity contribution < 1.29 is 28.5 Å². The number of carbonyl (C=O) groups is 2. The van der Waals surface area contributed by atoms with Crippen molar-refractivity contribution in [2.24, 2.45) is 0 Å². The summed E-state index contributed by atoms with van der Waals surface area (Å²) in [5.41, 5.74) is 1.01. The largest absolute Gasteiger partial charge is 0.497 e. The Balaban J connectivity index is 1.39. The van der Waals surface area contributed by atoms with Crippen LogP contribution in [0.5, 0.6) is 17.2 Å². The lowest BCUT2D eigenvalue weighted by atomic mass is 10.2. The molecule has 0 saturated carbocycles. The van der Waals surface area contributed by atoms with Crippen LogP contribution in [0.25, 0.3) is 0 Å². The fourth-order valence-corrected chi connectivity index (χ4v) is 3.18. The molecule has 1 aliphatic rings. The molecule has 3 rings (SSSR count). The topological polar surface area (TPSA) is 77.5 Å². The summed E-state index contributed by atoms with van der Waals surface area (Å²) in [6, 6.07) is 14.7. The summed E-state index contributed by atoms with van der Waals surface area (Å²) < 4.78 is 20.9. The number of esters is 1. The number of rotatable bonds is 8. The van der Waals surface area contributed by atoms with Gasteiger partial charge in [-0.05, 0) is 36.4 Å². The zero-order valence-electron chi connectivity index (χ0n) is 17.2. The Morgan fingerprint density at radius 1 is 0.833 bits per heavy atom. The van der Waals surface area contributed by atoms with Gasteiger partial charge < -0.3 is 28.7 Å². The lowest BCUT2D eigenvalue weighted by Gasteiger charge is -2.36. The average Bonchev–Trinajstić information content (AvgIpc) is 2.81. The van der Waals surface area contributed by atoms with E-state index in [0.717, 1.165) is 11.4 Å². The number of hydrogen-bond donors (Lipinski definition) is 0. The second kappa shape index (κ2) is 10.4. The summed E-state index contributed by atoms with van der Waals surface area (Å²) in [6.07, 6.45) is 0. The number of nitrogens with zero attached hydrogens (tertiary/aromatic N) is 2. The van der Waals surface area contributed by atoms with Gasteiger partial charge in [0.2, 0.25) is 0 Å². The number of amides is 1. The molecule has 0 radical (unpaired) electrons. The van der Waals surface area contributed by atoms with Crippen LogP contribution in [0.15, 0.2) is 48.5 Å². The van der Waals surface area contributed by atoms with Gasteiger partial charge in [-0.2, -0.15) is 0 Å². The molecule has 30 heavy (non-hydrogen) atoms. The number of carbonyl (C=O) groups excluding carboxylic acids is 2. The second-order valence-electron chi connectivity index (χ2n) is 6.66. The lowest BCUT2D eigenvalue weighted by Crippen LogP contribution is -2.50. The van der Waals surface area contributed by atoms with Gasteiger partial charge in [-0.3, -0.25) is 4.79 Å². The molecular formula is C22H26N2O6. The third kappa shape index (κ3) is 5.56. The highest BCUT2D eigenvalue weighted by molar-refractivity contribution is 5.81. The normalized spacial score (nSPS) is 13.5. The van der Waals surface area contributed by atoms with Gasteiger partial charge in [-0.25, -0.2) is 4.79 Å². The summed E-state index contributed by atoms with van der Waals surface area (Å²) in [5.74, 6) is 1.22. The summed E-state index contributed by atoms with van der Waals surface area (Å²) in [4.78, 5) is 28.1. The maximum Gasteiger partial charge on any atom is 0.344 e. The molecule has 0 aliphatic carbocycles. The molecule has 1 heterocycles. The highest BCUT2D eigenvalue weighted by Crippen LogP contribution is 2.28. The van der Waals surface area contributed by atoms with Gasteiger partial charge in [-0.15, -0.1) is 0 Å². The Labute approximate surface area is 175 Å². The van der Waals surface area contributed by atoms with Gasteiger partial charge in [0.1, 0.15) is 17.2 Å². The van der Waals surface area contributed by atoms with E-state index in [-0.39, 0.29) is 19.1 Å². The van der Waals surface area contributed by atoms with E-state index in [1.807, 2.05) is 24.3 Å². The number of anilines is 1. The zero-order valence-corrected chi connectivity index (χ0v) is 17.2. The fraction of sp³-hybridized carbons (Fsp3) is 0.364. The molecule has 0 unspecified atom stereocenters. The number of para-hydroxylation sites is 2. The van der Waals surface area contributed by atoms with Crippen molar-refractivity contribution in [2.45, 2.75) is 0 Å². The van der Waals surface area contributed by atoms with E-state index in [1.165, 1.54) is 0 Å². The molecule has 1 fully saturated rings. The van der Waals surface area contributed by atoms with Crippen LogP contribution in [0, 0.1) is 0 Å². The zero-order chi connectivity index (χ0) is 21.3. The van der Waals surface area contributed by atoms with Crippen LogP contribution < -0.4 is 19.1 Å². The maximum absolute atomic E-state index is 12.4. The summed E-state index contributed by atoms with van der Waals surface area (Å²) in [7, 11) is 3.22. The van der Waals surface area contributed by atoms with Crippen molar-refractivity contribution >= 4 is 17.6 Å². The minimum Gasteiger partial charge on any atom is -0.497 e. The molecule has 0 aromatic heterocycles. The molecule has 2 aromatic rings. The van der Waals surface area contributed by atoms with Crippen molar-refractivity contribution in [1.29, 1.82) is 0 Å². The molecule has 160 valence electrons. The predicted molar refractivity (Wildman–Crippen MR) is 111 cm³/mol. The van der Waals surface area contributed by atoms with Crippen molar-refractivity contribution in [1.82, 2.24) is 4.90 Å². The Hall–Kier alpha value is -3.42. The summed E-state index contributed by atoms with van der Waals surface area (Å²) >= 11 is 0. The lowest BCUT2D eigenvalue weighted by molar-refractivity contribution is -0.153. The SMILES string of the molecule is COc1ccc(OCC(=O)OCC(=O)N2CCN(c3ccccc3OC)CC2)cc1. The van der Waals surface area contributed by atoms with E-state index >= 15 is 0 Å². The van der Waals surface area contributed by atoms with Crippen molar-refractivity contribution in [3.05, 3.63) is 48.5 Å². The molecule has 1 aliphatic heterocycles. The van der Waals surface area contributed by atoms with E-state index < -0.39 is 5.97 Å². The third-order valence-corrected chi connectivity index (χ3v) is 4.83. The van der Waals surface area contributed by atoms with Gasteiger partial charge in [0.05, 0.1) is 19.9 Å². The average molecular weight is 414 g/mol. The Kier molecular flexibility index (Phi) is 7.37. The maximum atomic E-state index is 12.4. The van der Waals surface area contributed by atoms with Gasteiger partial charge >= 0.3 is 5.97 Å². The van der Waals surface area contributed by atoms with E-state index in [0.29, 0.717) is 37.7 Å². The second-order valence-corrected chi connectivity index (χ2v) is 6.66. The molecule has 1 amide bonds. The standard InChI is InChI=1S/C22H26N2O6/c1-27-17-7-9-18(10-8-17)29-16-22(26)30-15-21(25)24-13-11-23(12-14-24)19-5-3-4-6-20(19)28-2/h3-10H,11-16H2,1-2H3. The van der Waals surface area contributed by atoms with Crippen molar-refractivity contribution in [3.8, 4) is 17.2 Å². The molecule has 0 spiro atoms. The van der Waals surface area contributed by atoms with Crippen LogP contribution in [0.1, 0.15) is 0 Å². The van der Waals surface area contributed by atoms with Crippen LogP contribution in [0.3, 0.4) is 0 Å². The summed E-state index contributed by atoms with van der Waals surface area (Å²) in [6.45, 7) is 1.91. The van der Waals surface area contributed by atoms with Crippen LogP contribution in [-0.2, 0) is 14.3 Å². The number of piperazine rings is 1. The number of benzene rings is 2. The third-order valence-electron chi connectivity index (χ3n) is 4.83. The van der Waals surface area contributed by atoms with Gasteiger partial charge in [0.25, 0.3) is 5.91 Å². The minimum absolute atomic E-state index is 0.215. The molecule has 0 N–H and O–H groups in total. The highest BCUT2D eigenvalue weighted by atomic mass is 16.6.